The quantitative estimate of drug-likeness (QED) is 0.600. The lowest BCUT2D eigenvalue weighted by Gasteiger charge is -2.07. The molecule has 0 saturated carbocycles. The number of aromatic carboxylic acids is 1. The van der Waals surface area contributed by atoms with E-state index in [1.54, 1.807) is 0 Å². The second-order valence-corrected chi connectivity index (χ2v) is 3.79. The topological polar surface area (TPSA) is 132 Å². The Balaban J connectivity index is 2.27. The highest BCUT2D eigenvalue weighted by Gasteiger charge is 2.13. The third-order valence-corrected chi connectivity index (χ3v) is 2.40. The molecule has 0 bridgehead atoms. The summed E-state index contributed by atoms with van der Waals surface area (Å²) in [6.07, 6.45) is 2.04. The number of benzene rings is 1. The Morgan fingerprint density at radius 2 is 2.05 bits per heavy atom. The highest BCUT2D eigenvalue weighted by molar-refractivity contribution is 6.04. The van der Waals surface area contributed by atoms with Crippen LogP contribution in [0.3, 0.4) is 0 Å². The van der Waals surface area contributed by atoms with Crippen molar-refractivity contribution in [2.45, 2.75) is 0 Å². The summed E-state index contributed by atoms with van der Waals surface area (Å²) in [6, 6.07) is 3.46. The number of H-pyrrole nitrogens is 1. The van der Waals surface area contributed by atoms with E-state index in [2.05, 4.69) is 15.3 Å². The Hall–Kier alpha value is -3.16. The summed E-state index contributed by atoms with van der Waals surface area (Å²) in [5.41, 5.74) is -0.697. The Kier molecular flexibility index (Phi) is 3.47. The van der Waals surface area contributed by atoms with Gasteiger partial charge >= 0.3 is 5.97 Å². The van der Waals surface area contributed by atoms with Crippen molar-refractivity contribution in [3.05, 3.63) is 52.2 Å². The van der Waals surface area contributed by atoms with Gasteiger partial charge < -0.3 is 20.5 Å². The van der Waals surface area contributed by atoms with Crippen molar-refractivity contribution in [3.63, 3.8) is 0 Å². The van der Waals surface area contributed by atoms with Crippen molar-refractivity contribution >= 4 is 17.6 Å². The number of amides is 1. The van der Waals surface area contributed by atoms with Crippen LogP contribution in [0, 0.1) is 0 Å². The Bertz CT molecular complexity index is 718. The third-order valence-electron chi connectivity index (χ3n) is 2.40. The average molecular weight is 275 g/mol. The molecule has 0 radical (unpaired) electrons. The molecule has 8 nitrogen and oxygen atoms in total. The van der Waals surface area contributed by atoms with Crippen LogP contribution in [0.5, 0.6) is 5.75 Å². The van der Waals surface area contributed by atoms with Crippen LogP contribution in [0.2, 0.25) is 0 Å². The number of hydrogen-bond acceptors (Lipinski definition) is 5. The van der Waals surface area contributed by atoms with E-state index in [1.807, 2.05) is 0 Å². The fraction of sp³-hybridized carbons (Fsp3) is 0. The van der Waals surface area contributed by atoms with Gasteiger partial charge in [0.15, 0.2) is 0 Å². The number of hydrogen-bond donors (Lipinski definition) is 4. The van der Waals surface area contributed by atoms with Crippen molar-refractivity contribution < 1.29 is 19.8 Å². The number of aromatic nitrogens is 2. The fourth-order valence-corrected chi connectivity index (χ4v) is 1.42. The first-order chi connectivity index (χ1) is 9.47. The second kappa shape index (κ2) is 5.22. The van der Waals surface area contributed by atoms with Gasteiger partial charge in [0.2, 0.25) is 0 Å². The first-order valence-corrected chi connectivity index (χ1v) is 5.40. The fourth-order valence-electron chi connectivity index (χ4n) is 1.42. The molecule has 0 unspecified atom stereocenters. The van der Waals surface area contributed by atoms with E-state index < -0.39 is 17.4 Å². The van der Waals surface area contributed by atoms with Crippen molar-refractivity contribution in [2.24, 2.45) is 0 Å². The molecule has 0 aliphatic rings. The van der Waals surface area contributed by atoms with Gasteiger partial charge in [-0.2, -0.15) is 0 Å². The maximum atomic E-state index is 11.8. The van der Waals surface area contributed by atoms with Crippen LogP contribution in [0.25, 0.3) is 0 Å². The summed E-state index contributed by atoms with van der Waals surface area (Å²) in [6.45, 7) is 0. The van der Waals surface area contributed by atoms with Crippen LogP contribution in [0.1, 0.15) is 20.8 Å². The van der Waals surface area contributed by atoms with Gasteiger partial charge in [-0.15, -0.1) is 0 Å². The molecule has 8 heteroatoms. The largest absolute Gasteiger partial charge is 0.506 e. The van der Waals surface area contributed by atoms with Crippen LogP contribution in [0.15, 0.2) is 35.4 Å². The van der Waals surface area contributed by atoms with Gasteiger partial charge in [-0.05, 0) is 18.2 Å². The van der Waals surface area contributed by atoms with E-state index in [-0.39, 0.29) is 22.7 Å². The molecule has 0 saturated heterocycles. The van der Waals surface area contributed by atoms with Crippen molar-refractivity contribution in [2.75, 3.05) is 5.32 Å². The lowest BCUT2D eigenvalue weighted by atomic mass is 10.2. The molecule has 2 aromatic rings. The number of carbonyl (C=O) groups is 2. The molecule has 0 atom stereocenters. The van der Waals surface area contributed by atoms with Gasteiger partial charge in [0.1, 0.15) is 11.4 Å². The third kappa shape index (κ3) is 2.80. The van der Waals surface area contributed by atoms with Gasteiger partial charge in [-0.1, -0.05) is 0 Å². The maximum Gasteiger partial charge on any atom is 0.335 e. The Labute approximate surface area is 111 Å². The van der Waals surface area contributed by atoms with Crippen molar-refractivity contribution in [1.29, 1.82) is 0 Å². The van der Waals surface area contributed by atoms with E-state index in [4.69, 9.17) is 5.11 Å². The van der Waals surface area contributed by atoms with Gasteiger partial charge in [0, 0.05) is 6.20 Å². The van der Waals surface area contributed by atoms with E-state index in [9.17, 15) is 19.5 Å². The lowest BCUT2D eigenvalue weighted by molar-refractivity contribution is 0.0696. The number of carbonyl (C=O) groups excluding carboxylic acids is 1. The molecular weight excluding hydrogens is 266 g/mol. The molecule has 0 fully saturated rings. The molecule has 1 amide bonds. The summed E-state index contributed by atoms with van der Waals surface area (Å²) in [5, 5.41) is 20.7. The summed E-state index contributed by atoms with van der Waals surface area (Å²) in [4.78, 5) is 39.3. The van der Waals surface area contributed by atoms with Gasteiger partial charge in [0.25, 0.3) is 11.5 Å². The molecule has 0 spiro atoms. The Morgan fingerprint density at radius 1 is 1.30 bits per heavy atom. The minimum Gasteiger partial charge on any atom is -0.506 e. The van der Waals surface area contributed by atoms with Crippen molar-refractivity contribution in [3.8, 4) is 5.75 Å². The number of rotatable bonds is 3. The first kappa shape index (κ1) is 13.3. The molecule has 1 aromatic heterocycles. The number of carboxylic acids is 1. The zero-order chi connectivity index (χ0) is 14.7. The van der Waals surface area contributed by atoms with Gasteiger partial charge in [-0.3, -0.25) is 9.59 Å². The number of phenols is 1. The molecule has 1 aromatic carbocycles. The number of aromatic hydroxyl groups is 1. The molecule has 4 N–H and O–H groups in total. The monoisotopic (exact) mass is 275 g/mol. The highest BCUT2D eigenvalue weighted by Crippen LogP contribution is 2.24. The second-order valence-electron chi connectivity index (χ2n) is 3.79. The van der Waals surface area contributed by atoms with Crippen molar-refractivity contribution in [1.82, 2.24) is 9.97 Å². The zero-order valence-corrected chi connectivity index (χ0v) is 9.95. The van der Waals surface area contributed by atoms with Crippen LogP contribution in [-0.4, -0.2) is 32.1 Å². The highest BCUT2D eigenvalue weighted by atomic mass is 16.4. The molecule has 0 aliphatic heterocycles. The molecule has 102 valence electrons. The number of nitrogens with one attached hydrogen (secondary N) is 2. The molecule has 2 rings (SSSR count). The maximum absolute atomic E-state index is 11.8. The SMILES string of the molecule is O=C(O)c1ccc(O)c(NC(=O)c2c[nH]c(=O)cn2)c1. The standard InChI is InChI=1S/C12H9N3O5/c16-9-2-1-6(12(19)20)3-7(9)15-11(18)8-4-14-10(17)5-13-8/h1-5,16H,(H,14,17)(H,15,18)(H,19,20). The van der Waals surface area contributed by atoms with E-state index in [0.29, 0.717) is 0 Å². The molecular formula is C12H9N3O5. The molecule has 20 heavy (non-hydrogen) atoms. The predicted octanol–water partition coefficient (Wildman–Crippen LogP) is 0.426. The number of phenolic OH excluding ortho intramolecular Hbond substituents is 1. The smallest absolute Gasteiger partial charge is 0.335 e. The number of nitrogens with zero attached hydrogens (tertiary/aromatic N) is 1. The average Bonchev–Trinajstić information content (AvgIpc) is 2.41. The van der Waals surface area contributed by atoms with E-state index in [1.165, 1.54) is 6.07 Å². The normalized spacial score (nSPS) is 10.0. The number of aromatic amines is 1. The van der Waals surface area contributed by atoms with Crippen LogP contribution in [-0.2, 0) is 0 Å². The molecule has 1 heterocycles. The summed E-state index contributed by atoms with van der Waals surface area (Å²) in [7, 11) is 0. The van der Waals surface area contributed by atoms with Crippen LogP contribution in [0.4, 0.5) is 5.69 Å². The number of anilines is 1. The summed E-state index contributed by atoms with van der Waals surface area (Å²) in [5.74, 6) is -2.17. The zero-order valence-electron chi connectivity index (χ0n) is 9.95. The minimum atomic E-state index is -1.19. The van der Waals surface area contributed by atoms with Gasteiger partial charge in [0.05, 0.1) is 17.4 Å². The minimum absolute atomic E-state index is 0.0668. The number of carboxylic acid groups (broad SMARTS) is 1. The van der Waals surface area contributed by atoms with E-state index in [0.717, 1.165) is 24.5 Å². The van der Waals surface area contributed by atoms with Crippen LogP contribution >= 0.6 is 0 Å². The Morgan fingerprint density at radius 3 is 2.65 bits per heavy atom. The van der Waals surface area contributed by atoms with Gasteiger partial charge in [-0.25, -0.2) is 9.78 Å². The summed E-state index contributed by atoms with van der Waals surface area (Å²) < 4.78 is 0. The predicted molar refractivity (Wildman–Crippen MR) is 67.9 cm³/mol. The molecule has 0 aliphatic carbocycles. The summed E-state index contributed by atoms with van der Waals surface area (Å²) >= 11 is 0. The van der Waals surface area contributed by atoms with E-state index >= 15 is 0 Å². The lowest BCUT2D eigenvalue weighted by Crippen LogP contribution is -2.17. The van der Waals surface area contributed by atoms with Crippen LogP contribution < -0.4 is 10.9 Å². The first-order valence-electron chi connectivity index (χ1n) is 5.40.